The summed E-state index contributed by atoms with van der Waals surface area (Å²) in [6.07, 6.45) is 1.13. The fourth-order valence-electron chi connectivity index (χ4n) is 3.87. The smallest absolute Gasteiger partial charge is 0.257 e. The topological polar surface area (TPSA) is 106 Å². The Hall–Kier alpha value is -3.40. The van der Waals surface area contributed by atoms with Crippen molar-refractivity contribution in [3.63, 3.8) is 0 Å². The molecule has 1 aromatic heterocycles. The van der Waals surface area contributed by atoms with E-state index in [1.807, 2.05) is 38.1 Å². The van der Waals surface area contributed by atoms with Crippen LogP contribution in [0.3, 0.4) is 0 Å². The Morgan fingerprint density at radius 2 is 1.77 bits per heavy atom. The molecule has 1 aliphatic heterocycles. The predicted octanol–water partition coefficient (Wildman–Crippen LogP) is 3.45. The Bertz CT molecular complexity index is 1290. The van der Waals surface area contributed by atoms with E-state index in [1.165, 1.54) is 12.1 Å². The fourth-order valence-corrected chi connectivity index (χ4v) is 4.51. The van der Waals surface area contributed by atoms with Crippen molar-refractivity contribution in [2.45, 2.75) is 25.7 Å². The summed E-state index contributed by atoms with van der Waals surface area (Å²) in [6, 6.07) is 12.4. The van der Waals surface area contributed by atoms with Crippen molar-refractivity contribution >= 4 is 21.4 Å². The number of hydrogen-bond acceptors (Lipinski definition) is 8. The van der Waals surface area contributed by atoms with Gasteiger partial charge in [-0.2, -0.15) is 4.98 Å². The predicted molar refractivity (Wildman–Crippen MR) is 132 cm³/mol. The minimum Gasteiger partial charge on any atom is -0.492 e. The first-order chi connectivity index (χ1) is 16.6. The standard InChI is InChI=1S/C25H30N4O5S/c1-17(2)16-33-23-10-9-21(35(4,31)32)15-22(23)25(30)29-13-11-28(12-14-29)20-7-5-19(6-8-20)24-26-18(3)34-27-24/h5-10,15,17H,11-14,16H2,1-4H3. The first kappa shape index (κ1) is 24.7. The Kier molecular flexibility index (Phi) is 7.11. The molecule has 9 nitrogen and oxygen atoms in total. The van der Waals surface area contributed by atoms with Gasteiger partial charge in [0.25, 0.3) is 5.91 Å². The molecule has 0 radical (unpaired) electrons. The first-order valence-corrected chi connectivity index (χ1v) is 13.4. The number of nitrogens with zero attached hydrogens (tertiary/aromatic N) is 4. The van der Waals surface area contributed by atoms with E-state index in [9.17, 15) is 13.2 Å². The molecule has 35 heavy (non-hydrogen) atoms. The number of sulfone groups is 1. The van der Waals surface area contributed by atoms with Crippen molar-refractivity contribution in [2.75, 3.05) is 43.9 Å². The molecule has 2 heterocycles. The lowest BCUT2D eigenvalue weighted by Crippen LogP contribution is -2.48. The van der Waals surface area contributed by atoms with Gasteiger partial charge in [0, 0.05) is 50.6 Å². The lowest BCUT2D eigenvalue weighted by atomic mass is 10.1. The number of carbonyl (C=O) groups is 1. The van der Waals surface area contributed by atoms with E-state index >= 15 is 0 Å². The average molecular weight is 499 g/mol. The largest absolute Gasteiger partial charge is 0.492 e. The Morgan fingerprint density at radius 3 is 2.34 bits per heavy atom. The number of rotatable bonds is 7. The van der Waals surface area contributed by atoms with Gasteiger partial charge in [0.2, 0.25) is 11.7 Å². The van der Waals surface area contributed by atoms with Crippen LogP contribution < -0.4 is 9.64 Å². The fraction of sp³-hybridized carbons (Fsp3) is 0.400. The van der Waals surface area contributed by atoms with Crippen molar-refractivity contribution in [1.82, 2.24) is 15.0 Å². The van der Waals surface area contributed by atoms with E-state index < -0.39 is 9.84 Å². The van der Waals surface area contributed by atoms with Gasteiger partial charge in [0.1, 0.15) is 5.75 Å². The van der Waals surface area contributed by atoms with Crippen LogP contribution >= 0.6 is 0 Å². The first-order valence-electron chi connectivity index (χ1n) is 11.5. The zero-order valence-electron chi connectivity index (χ0n) is 20.4. The Labute approximate surface area is 205 Å². The molecular weight excluding hydrogens is 468 g/mol. The third-order valence-corrected chi connectivity index (χ3v) is 6.88. The molecular formula is C25H30N4O5S. The van der Waals surface area contributed by atoms with E-state index in [0.717, 1.165) is 17.5 Å². The molecule has 2 aromatic carbocycles. The minimum atomic E-state index is -3.45. The monoisotopic (exact) mass is 498 g/mol. The maximum absolute atomic E-state index is 13.4. The van der Waals surface area contributed by atoms with E-state index in [2.05, 4.69) is 15.0 Å². The van der Waals surface area contributed by atoms with Gasteiger partial charge in [-0.3, -0.25) is 4.79 Å². The molecule has 0 aliphatic carbocycles. The molecule has 1 fully saturated rings. The third-order valence-electron chi connectivity index (χ3n) is 5.77. The lowest BCUT2D eigenvalue weighted by Gasteiger charge is -2.36. The maximum Gasteiger partial charge on any atom is 0.257 e. The second kappa shape index (κ2) is 10.1. The quantitative estimate of drug-likeness (QED) is 0.488. The second-order valence-electron chi connectivity index (χ2n) is 9.10. The number of anilines is 1. The maximum atomic E-state index is 13.4. The average Bonchev–Trinajstić information content (AvgIpc) is 3.28. The van der Waals surface area contributed by atoms with Gasteiger partial charge in [-0.05, 0) is 48.4 Å². The lowest BCUT2D eigenvalue weighted by molar-refractivity contribution is 0.0741. The number of carbonyl (C=O) groups excluding carboxylic acids is 1. The summed E-state index contributed by atoms with van der Waals surface area (Å²) in [7, 11) is -3.45. The number of benzene rings is 2. The molecule has 186 valence electrons. The number of ether oxygens (including phenoxy) is 1. The van der Waals surface area contributed by atoms with Gasteiger partial charge in [-0.25, -0.2) is 8.42 Å². The van der Waals surface area contributed by atoms with Gasteiger partial charge in [0.15, 0.2) is 9.84 Å². The highest BCUT2D eigenvalue weighted by molar-refractivity contribution is 7.90. The zero-order chi connectivity index (χ0) is 25.2. The number of aromatic nitrogens is 2. The van der Waals surface area contributed by atoms with E-state index in [4.69, 9.17) is 9.26 Å². The summed E-state index contributed by atoms with van der Waals surface area (Å²) in [5, 5.41) is 3.95. The molecule has 0 saturated carbocycles. The molecule has 3 aromatic rings. The van der Waals surface area contributed by atoms with Gasteiger partial charge < -0.3 is 19.1 Å². The summed E-state index contributed by atoms with van der Waals surface area (Å²) >= 11 is 0. The normalized spacial score (nSPS) is 14.4. The second-order valence-corrected chi connectivity index (χ2v) is 11.1. The molecule has 1 aliphatic rings. The summed E-state index contributed by atoms with van der Waals surface area (Å²) in [5.74, 6) is 1.52. The Balaban J connectivity index is 1.46. The van der Waals surface area contributed by atoms with E-state index in [-0.39, 0.29) is 22.3 Å². The van der Waals surface area contributed by atoms with E-state index in [1.54, 1.807) is 17.9 Å². The number of amides is 1. The van der Waals surface area contributed by atoms with E-state index in [0.29, 0.717) is 50.3 Å². The van der Waals surface area contributed by atoms with Gasteiger partial charge in [0.05, 0.1) is 17.1 Å². The number of hydrogen-bond donors (Lipinski definition) is 0. The van der Waals surface area contributed by atoms with Crippen LogP contribution in [0.1, 0.15) is 30.1 Å². The molecule has 4 rings (SSSR count). The van der Waals surface area contributed by atoms with Crippen molar-refractivity contribution in [3.8, 4) is 17.1 Å². The summed E-state index contributed by atoms with van der Waals surface area (Å²) < 4.78 is 35.1. The summed E-state index contributed by atoms with van der Waals surface area (Å²) in [6.45, 7) is 8.55. The highest BCUT2D eigenvalue weighted by Gasteiger charge is 2.26. The van der Waals surface area contributed by atoms with Crippen LogP contribution in [0.2, 0.25) is 0 Å². The van der Waals surface area contributed by atoms with Crippen LogP contribution in [0.4, 0.5) is 5.69 Å². The highest BCUT2D eigenvalue weighted by Crippen LogP contribution is 2.27. The molecule has 0 bridgehead atoms. The van der Waals surface area contributed by atoms with Crippen molar-refractivity contribution < 1.29 is 22.5 Å². The molecule has 1 amide bonds. The SMILES string of the molecule is Cc1nc(-c2ccc(N3CCN(C(=O)c4cc(S(C)(=O)=O)ccc4OCC(C)C)CC3)cc2)no1. The van der Waals surface area contributed by atoms with Crippen molar-refractivity contribution in [3.05, 3.63) is 53.9 Å². The molecule has 10 heteroatoms. The molecule has 0 spiro atoms. The third kappa shape index (κ3) is 5.82. The van der Waals surface area contributed by atoms with Gasteiger partial charge in [-0.15, -0.1) is 0 Å². The van der Waals surface area contributed by atoms with Crippen LogP contribution in [0.15, 0.2) is 51.9 Å². The van der Waals surface area contributed by atoms with Crippen LogP contribution in [0.5, 0.6) is 5.75 Å². The van der Waals surface area contributed by atoms with Crippen LogP contribution in [0.25, 0.3) is 11.4 Å². The zero-order valence-corrected chi connectivity index (χ0v) is 21.2. The molecule has 0 unspecified atom stereocenters. The van der Waals surface area contributed by atoms with Crippen LogP contribution in [-0.2, 0) is 9.84 Å². The highest BCUT2D eigenvalue weighted by atomic mass is 32.2. The van der Waals surface area contributed by atoms with Crippen molar-refractivity contribution in [1.29, 1.82) is 0 Å². The summed E-state index contributed by atoms with van der Waals surface area (Å²) in [4.78, 5) is 21.7. The minimum absolute atomic E-state index is 0.105. The Morgan fingerprint density at radius 1 is 1.09 bits per heavy atom. The van der Waals surface area contributed by atoms with Crippen molar-refractivity contribution in [2.24, 2.45) is 5.92 Å². The number of piperazine rings is 1. The molecule has 0 N–H and O–H groups in total. The van der Waals surface area contributed by atoms with Crippen LogP contribution in [0, 0.1) is 12.8 Å². The molecule has 0 atom stereocenters. The summed E-state index contributed by atoms with van der Waals surface area (Å²) in [5.41, 5.74) is 2.20. The van der Waals surface area contributed by atoms with Gasteiger partial charge in [-0.1, -0.05) is 19.0 Å². The number of aryl methyl sites for hydroxylation is 1. The molecule has 1 saturated heterocycles. The van der Waals surface area contributed by atoms with Gasteiger partial charge >= 0.3 is 0 Å². The van der Waals surface area contributed by atoms with Crippen LogP contribution in [-0.4, -0.2) is 68.4 Å².